The van der Waals surface area contributed by atoms with Crippen LogP contribution in [0.4, 0.5) is 0 Å². The number of carbonyl (C=O) groups excluding carboxylic acids is 1. The summed E-state index contributed by atoms with van der Waals surface area (Å²) in [6.45, 7) is 3.96. The number of benzene rings is 1. The van der Waals surface area contributed by atoms with E-state index in [1.807, 2.05) is 31.2 Å². The Morgan fingerprint density at radius 2 is 1.75 bits per heavy atom. The second-order valence-electron chi connectivity index (χ2n) is 5.84. The molecule has 3 rings (SSSR count). The number of nitrogens with zero attached hydrogens (tertiary/aromatic N) is 1. The van der Waals surface area contributed by atoms with Gasteiger partial charge >= 0.3 is 11.9 Å². The lowest BCUT2D eigenvalue weighted by Crippen LogP contribution is -2.04. The van der Waals surface area contributed by atoms with Crippen LogP contribution in [0.2, 0.25) is 0 Å². The van der Waals surface area contributed by atoms with Crippen LogP contribution in [0.3, 0.4) is 0 Å². The fourth-order valence-electron chi connectivity index (χ4n) is 2.87. The van der Waals surface area contributed by atoms with Crippen molar-refractivity contribution in [3.05, 3.63) is 56.6 Å². The van der Waals surface area contributed by atoms with Gasteiger partial charge in [-0.25, -0.2) is 9.59 Å². The molecule has 0 amide bonds. The van der Waals surface area contributed by atoms with E-state index in [1.54, 1.807) is 19.1 Å². The van der Waals surface area contributed by atoms with Gasteiger partial charge in [-0.15, -0.1) is 22.7 Å². The molecule has 0 saturated carbocycles. The van der Waals surface area contributed by atoms with Crippen molar-refractivity contribution in [2.75, 3.05) is 6.61 Å². The summed E-state index contributed by atoms with van der Waals surface area (Å²) in [5, 5.41) is 18.7. The number of aryl methyl sites for hydroxylation is 1. The minimum Gasteiger partial charge on any atom is -0.477 e. The third-order valence-electron chi connectivity index (χ3n) is 4.15. The van der Waals surface area contributed by atoms with Gasteiger partial charge in [0.05, 0.1) is 12.2 Å². The minimum atomic E-state index is -0.948. The van der Waals surface area contributed by atoms with Crippen LogP contribution in [-0.2, 0) is 11.2 Å². The summed E-state index contributed by atoms with van der Waals surface area (Å²) >= 11 is 2.50. The normalized spacial score (nSPS) is 10.5. The van der Waals surface area contributed by atoms with Gasteiger partial charge in [0.1, 0.15) is 15.8 Å². The smallest absolute Gasteiger partial charge is 0.348 e. The summed E-state index contributed by atoms with van der Waals surface area (Å²) in [7, 11) is 0. The molecule has 0 fully saturated rings. The maximum atomic E-state index is 12.4. The average Bonchev–Trinajstić information content (AvgIpc) is 3.33. The van der Waals surface area contributed by atoms with Crippen molar-refractivity contribution in [3.8, 4) is 27.6 Å². The van der Waals surface area contributed by atoms with Crippen molar-refractivity contribution < 1.29 is 19.4 Å². The zero-order valence-corrected chi connectivity index (χ0v) is 16.9. The molecular weight excluding hydrogens is 394 g/mol. The van der Waals surface area contributed by atoms with Gasteiger partial charge in [-0.3, -0.25) is 0 Å². The molecule has 0 saturated heterocycles. The predicted octanol–water partition coefficient (Wildman–Crippen LogP) is 5.45. The minimum absolute atomic E-state index is 0.267. The van der Waals surface area contributed by atoms with E-state index in [1.165, 1.54) is 22.7 Å². The van der Waals surface area contributed by atoms with Crippen LogP contribution in [-0.4, -0.2) is 23.7 Å². The molecule has 0 spiro atoms. The summed E-state index contributed by atoms with van der Waals surface area (Å²) in [4.78, 5) is 25.9. The quantitative estimate of drug-likeness (QED) is 0.545. The molecule has 0 unspecified atom stereocenters. The monoisotopic (exact) mass is 411 g/mol. The van der Waals surface area contributed by atoms with Crippen LogP contribution in [0.15, 0.2) is 36.4 Å². The molecule has 7 heteroatoms. The highest BCUT2D eigenvalue weighted by molar-refractivity contribution is 7.17. The summed E-state index contributed by atoms with van der Waals surface area (Å²) < 4.78 is 5.17. The van der Waals surface area contributed by atoms with Gasteiger partial charge in [0.25, 0.3) is 0 Å². The highest BCUT2D eigenvalue weighted by Crippen LogP contribution is 2.38. The maximum absolute atomic E-state index is 12.4. The Balaban J connectivity index is 2.05. The Labute approximate surface area is 170 Å². The lowest BCUT2D eigenvalue weighted by molar-refractivity contribution is 0.0532. The number of carboxylic acid groups (broad SMARTS) is 1. The molecular formula is C21H17NO4S2. The van der Waals surface area contributed by atoms with Gasteiger partial charge in [-0.05, 0) is 36.6 Å². The molecule has 1 aromatic carbocycles. The molecule has 0 aliphatic rings. The van der Waals surface area contributed by atoms with Crippen LogP contribution in [0.5, 0.6) is 0 Å². The molecule has 0 atom stereocenters. The molecule has 3 aromatic rings. The number of hydrogen-bond donors (Lipinski definition) is 1. The third kappa shape index (κ3) is 3.70. The Hall–Kier alpha value is -2.95. The fourth-order valence-corrected chi connectivity index (χ4v) is 4.83. The van der Waals surface area contributed by atoms with E-state index in [-0.39, 0.29) is 11.5 Å². The maximum Gasteiger partial charge on any atom is 0.348 e. The molecule has 0 aliphatic heterocycles. The van der Waals surface area contributed by atoms with Crippen molar-refractivity contribution in [2.45, 2.75) is 20.3 Å². The highest BCUT2D eigenvalue weighted by Gasteiger charge is 2.24. The third-order valence-corrected chi connectivity index (χ3v) is 6.59. The SMILES string of the molecule is CCOC(=O)c1sc(CC)c(C#N)c1-c1ccc(-c2ccc(C(=O)O)s2)cc1. The van der Waals surface area contributed by atoms with Gasteiger partial charge in [-0.1, -0.05) is 31.2 Å². The topological polar surface area (TPSA) is 87.4 Å². The molecule has 1 N–H and O–H groups in total. The molecule has 142 valence electrons. The van der Waals surface area contributed by atoms with Gasteiger partial charge < -0.3 is 9.84 Å². The first kappa shape index (κ1) is 19.8. The molecule has 0 aliphatic carbocycles. The predicted molar refractivity (Wildman–Crippen MR) is 110 cm³/mol. The highest BCUT2D eigenvalue weighted by atomic mass is 32.1. The van der Waals surface area contributed by atoms with Crippen molar-refractivity contribution in [2.24, 2.45) is 0 Å². The average molecular weight is 412 g/mol. The standard InChI is InChI=1S/C21H17NO4S2/c1-3-15-14(11-22)18(19(28-15)21(25)26-4-2)13-7-5-12(6-8-13)16-9-10-17(27-16)20(23)24/h5-10H,3-4H2,1-2H3,(H,23,24). The number of hydrogen-bond acceptors (Lipinski definition) is 6. The van der Waals surface area contributed by atoms with E-state index in [0.29, 0.717) is 22.4 Å². The van der Waals surface area contributed by atoms with Crippen molar-refractivity contribution in [3.63, 3.8) is 0 Å². The van der Waals surface area contributed by atoms with Crippen molar-refractivity contribution in [1.82, 2.24) is 0 Å². The van der Waals surface area contributed by atoms with Gasteiger partial charge in [0.2, 0.25) is 0 Å². The number of carbonyl (C=O) groups is 2. The van der Waals surface area contributed by atoms with Gasteiger partial charge in [-0.2, -0.15) is 5.26 Å². The van der Waals surface area contributed by atoms with E-state index in [4.69, 9.17) is 9.84 Å². The van der Waals surface area contributed by atoms with Crippen LogP contribution in [0.1, 0.15) is 43.6 Å². The van der Waals surface area contributed by atoms with Crippen LogP contribution in [0, 0.1) is 11.3 Å². The van der Waals surface area contributed by atoms with Crippen LogP contribution in [0.25, 0.3) is 21.6 Å². The van der Waals surface area contributed by atoms with E-state index in [2.05, 4.69) is 6.07 Å². The van der Waals surface area contributed by atoms with Crippen molar-refractivity contribution >= 4 is 34.6 Å². The number of aromatic carboxylic acids is 1. The largest absolute Gasteiger partial charge is 0.477 e. The molecule has 5 nitrogen and oxygen atoms in total. The Kier molecular flexibility index (Phi) is 5.93. The molecule has 28 heavy (non-hydrogen) atoms. The molecule has 0 bridgehead atoms. The summed E-state index contributed by atoms with van der Waals surface area (Å²) in [5.41, 5.74) is 2.75. The summed E-state index contributed by atoms with van der Waals surface area (Å²) in [6, 6.07) is 13.0. The van der Waals surface area contributed by atoms with Gasteiger partial charge in [0, 0.05) is 15.3 Å². The fraction of sp³-hybridized carbons (Fsp3) is 0.190. The Morgan fingerprint density at radius 3 is 2.29 bits per heavy atom. The molecule has 2 aromatic heterocycles. The lowest BCUT2D eigenvalue weighted by Gasteiger charge is -2.06. The van der Waals surface area contributed by atoms with E-state index in [0.717, 1.165) is 20.9 Å². The van der Waals surface area contributed by atoms with E-state index >= 15 is 0 Å². The lowest BCUT2D eigenvalue weighted by atomic mass is 9.98. The first-order valence-electron chi connectivity index (χ1n) is 8.66. The van der Waals surface area contributed by atoms with Crippen molar-refractivity contribution in [1.29, 1.82) is 5.26 Å². The zero-order valence-electron chi connectivity index (χ0n) is 15.3. The number of carboxylic acids is 1. The molecule has 2 heterocycles. The number of thiophene rings is 2. The number of ether oxygens (including phenoxy) is 1. The molecule has 0 radical (unpaired) electrons. The van der Waals surface area contributed by atoms with Crippen LogP contribution >= 0.6 is 22.7 Å². The first-order chi connectivity index (χ1) is 13.5. The second kappa shape index (κ2) is 8.38. The van der Waals surface area contributed by atoms with E-state index in [9.17, 15) is 14.9 Å². The number of rotatable bonds is 6. The number of esters is 1. The van der Waals surface area contributed by atoms with Gasteiger partial charge in [0.15, 0.2) is 0 Å². The zero-order chi connectivity index (χ0) is 20.3. The number of nitriles is 1. The van der Waals surface area contributed by atoms with E-state index < -0.39 is 11.9 Å². The van der Waals surface area contributed by atoms with Crippen LogP contribution < -0.4 is 0 Å². The Morgan fingerprint density at radius 1 is 1.07 bits per heavy atom. The Bertz CT molecular complexity index is 1070. The summed E-state index contributed by atoms with van der Waals surface area (Å²) in [6.07, 6.45) is 0.658. The second-order valence-corrected chi connectivity index (χ2v) is 8.03. The summed E-state index contributed by atoms with van der Waals surface area (Å²) in [5.74, 6) is -1.37. The first-order valence-corrected chi connectivity index (χ1v) is 10.3.